The molecule has 0 N–H and O–H groups in total. The van der Waals surface area contributed by atoms with E-state index in [-0.39, 0.29) is 11.6 Å². The normalized spacial score (nSPS) is 16.1. The predicted molar refractivity (Wildman–Crippen MR) is 112 cm³/mol. The Balaban J connectivity index is 1.79. The summed E-state index contributed by atoms with van der Waals surface area (Å²) in [5, 5.41) is 19.3. The zero-order valence-corrected chi connectivity index (χ0v) is 16.9. The second-order valence-electron chi connectivity index (χ2n) is 6.22. The molecule has 140 valence electrons. The van der Waals surface area contributed by atoms with E-state index >= 15 is 0 Å². The number of hydrazone groups is 1. The van der Waals surface area contributed by atoms with E-state index in [1.54, 1.807) is 30.3 Å². The predicted octanol–water partition coefficient (Wildman–Crippen LogP) is 5.41. The topological polar surface area (TPSA) is 75.8 Å². The molecule has 28 heavy (non-hydrogen) atoms. The summed E-state index contributed by atoms with van der Waals surface area (Å²) in [6.45, 7) is 0. The molecular weight excluding hydrogens is 442 g/mol. The number of hydrogen-bond acceptors (Lipinski definition) is 5. The maximum Gasteiger partial charge on any atom is 0.284 e. The van der Waals surface area contributed by atoms with Gasteiger partial charge in [0.1, 0.15) is 0 Å². The molecule has 1 aromatic heterocycles. The number of carbonyl (C=O) groups is 1. The van der Waals surface area contributed by atoms with E-state index < -0.39 is 11.0 Å². The molecule has 1 aliphatic heterocycles. The van der Waals surface area contributed by atoms with Crippen LogP contribution in [0.15, 0.2) is 75.6 Å². The van der Waals surface area contributed by atoms with Gasteiger partial charge in [0.2, 0.25) is 0 Å². The van der Waals surface area contributed by atoms with Gasteiger partial charge in [-0.05, 0) is 35.2 Å². The SMILES string of the molecule is O=C(c1cccs1)N1N=C(c2cccc(Br)c2)CC1c1ccccc1[N+](=O)[O-]. The summed E-state index contributed by atoms with van der Waals surface area (Å²) < 4.78 is 0.901. The van der Waals surface area contributed by atoms with Crippen LogP contribution in [0.2, 0.25) is 0 Å². The highest BCUT2D eigenvalue weighted by Gasteiger charge is 2.37. The number of nitrogens with zero attached hydrogens (tertiary/aromatic N) is 3. The second kappa shape index (κ2) is 7.65. The Hall–Kier alpha value is -2.84. The Labute approximate surface area is 173 Å². The number of rotatable bonds is 4. The quantitative estimate of drug-likeness (QED) is 0.389. The van der Waals surface area contributed by atoms with Gasteiger partial charge in [-0.2, -0.15) is 5.10 Å². The van der Waals surface area contributed by atoms with Crippen LogP contribution in [0.1, 0.15) is 33.3 Å². The van der Waals surface area contributed by atoms with Crippen LogP contribution in [0, 0.1) is 10.1 Å². The van der Waals surface area contributed by atoms with Gasteiger partial charge in [0.25, 0.3) is 11.6 Å². The van der Waals surface area contributed by atoms with Gasteiger partial charge in [-0.25, -0.2) is 5.01 Å². The fourth-order valence-corrected chi connectivity index (χ4v) is 4.29. The number of thiophene rings is 1. The fraction of sp³-hybridized carbons (Fsp3) is 0.100. The Morgan fingerprint density at radius 2 is 2.00 bits per heavy atom. The van der Waals surface area contributed by atoms with Crippen molar-refractivity contribution < 1.29 is 9.72 Å². The monoisotopic (exact) mass is 455 g/mol. The maximum absolute atomic E-state index is 13.1. The Morgan fingerprint density at radius 1 is 1.18 bits per heavy atom. The number of benzene rings is 2. The lowest BCUT2D eigenvalue weighted by atomic mass is 9.97. The Morgan fingerprint density at radius 3 is 2.71 bits per heavy atom. The summed E-state index contributed by atoms with van der Waals surface area (Å²) in [6, 6.07) is 17.2. The van der Waals surface area contributed by atoms with Crippen molar-refractivity contribution in [3.05, 3.63) is 96.6 Å². The van der Waals surface area contributed by atoms with E-state index in [4.69, 9.17) is 0 Å². The molecule has 0 saturated carbocycles. The summed E-state index contributed by atoms with van der Waals surface area (Å²) in [5.74, 6) is -0.261. The standard InChI is InChI=1S/C20H14BrN3O3S/c21-14-6-3-5-13(11-14)16-12-18(15-7-1-2-8-17(15)24(26)27)23(22-16)20(25)19-9-4-10-28-19/h1-11,18H,12H2. The van der Waals surface area contributed by atoms with Crippen LogP contribution in [-0.4, -0.2) is 21.6 Å². The number of amides is 1. The minimum absolute atomic E-state index is 0.0119. The molecule has 3 aromatic rings. The van der Waals surface area contributed by atoms with Crippen LogP contribution < -0.4 is 0 Å². The molecule has 2 heterocycles. The molecule has 0 spiro atoms. The van der Waals surface area contributed by atoms with Crippen molar-refractivity contribution in [3.63, 3.8) is 0 Å². The Kier molecular flexibility index (Phi) is 5.06. The first-order chi connectivity index (χ1) is 13.5. The van der Waals surface area contributed by atoms with E-state index in [2.05, 4.69) is 21.0 Å². The van der Waals surface area contributed by atoms with Crippen LogP contribution in [0.25, 0.3) is 0 Å². The van der Waals surface area contributed by atoms with Gasteiger partial charge in [-0.3, -0.25) is 14.9 Å². The van der Waals surface area contributed by atoms with Crippen molar-refractivity contribution in [2.24, 2.45) is 5.10 Å². The molecule has 0 bridgehead atoms. The van der Waals surface area contributed by atoms with Crippen LogP contribution in [-0.2, 0) is 0 Å². The average Bonchev–Trinajstić information content (AvgIpc) is 3.38. The minimum Gasteiger partial charge on any atom is -0.266 e. The lowest BCUT2D eigenvalue weighted by Gasteiger charge is -2.21. The van der Waals surface area contributed by atoms with E-state index in [0.29, 0.717) is 22.6 Å². The summed E-state index contributed by atoms with van der Waals surface area (Å²) in [6.07, 6.45) is 0.401. The van der Waals surface area contributed by atoms with Crippen molar-refractivity contribution in [1.29, 1.82) is 0 Å². The third kappa shape index (κ3) is 3.48. The molecule has 1 atom stereocenters. The van der Waals surface area contributed by atoms with Crippen molar-refractivity contribution in [1.82, 2.24) is 5.01 Å². The minimum atomic E-state index is -0.537. The molecule has 6 nitrogen and oxygen atoms in total. The third-order valence-electron chi connectivity index (χ3n) is 4.50. The molecule has 0 aliphatic carbocycles. The van der Waals surface area contributed by atoms with Crippen molar-refractivity contribution in [3.8, 4) is 0 Å². The van der Waals surface area contributed by atoms with Crippen LogP contribution >= 0.6 is 27.3 Å². The smallest absolute Gasteiger partial charge is 0.266 e. The summed E-state index contributed by atoms with van der Waals surface area (Å²) in [7, 11) is 0. The second-order valence-corrected chi connectivity index (χ2v) is 8.08. The van der Waals surface area contributed by atoms with E-state index in [0.717, 1.165) is 10.0 Å². The van der Waals surface area contributed by atoms with Crippen LogP contribution in [0.4, 0.5) is 5.69 Å². The molecule has 0 radical (unpaired) electrons. The zero-order chi connectivity index (χ0) is 19.7. The lowest BCUT2D eigenvalue weighted by Crippen LogP contribution is -2.26. The molecule has 1 aliphatic rings. The molecule has 1 unspecified atom stereocenters. The lowest BCUT2D eigenvalue weighted by molar-refractivity contribution is -0.385. The molecule has 1 amide bonds. The van der Waals surface area contributed by atoms with E-state index in [1.165, 1.54) is 22.4 Å². The van der Waals surface area contributed by atoms with Crippen LogP contribution in [0.3, 0.4) is 0 Å². The molecule has 2 aromatic carbocycles. The zero-order valence-electron chi connectivity index (χ0n) is 14.5. The first-order valence-corrected chi connectivity index (χ1v) is 10.2. The van der Waals surface area contributed by atoms with Gasteiger partial charge in [-0.1, -0.05) is 46.3 Å². The Bertz CT molecular complexity index is 1080. The number of nitro groups is 1. The van der Waals surface area contributed by atoms with Gasteiger partial charge in [0.15, 0.2) is 0 Å². The van der Waals surface area contributed by atoms with Crippen LogP contribution in [0.5, 0.6) is 0 Å². The first-order valence-electron chi connectivity index (χ1n) is 8.48. The average molecular weight is 456 g/mol. The van der Waals surface area contributed by atoms with E-state index in [9.17, 15) is 14.9 Å². The fourth-order valence-electron chi connectivity index (χ4n) is 3.23. The molecule has 0 saturated heterocycles. The largest absolute Gasteiger partial charge is 0.284 e. The third-order valence-corrected chi connectivity index (χ3v) is 5.85. The highest BCUT2D eigenvalue weighted by Crippen LogP contribution is 2.38. The number of nitro benzene ring substituents is 1. The molecule has 8 heteroatoms. The van der Waals surface area contributed by atoms with E-state index in [1.807, 2.05) is 29.6 Å². The number of carbonyl (C=O) groups excluding carboxylic acids is 1. The highest BCUT2D eigenvalue weighted by atomic mass is 79.9. The van der Waals surface area contributed by atoms with Crippen molar-refractivity contribution in [2.45, 2.75) is 12.5 Å². The summed E-state index contributed by atoms with van der Waals surface area (Å²) in [4.78, 5) is 24.7. The van der Waals surface area contributed by atoms with Gasteiger partial charge >= 0.3 is 0 Å². The van der Waals surface area contributed by atoms with Crippen molar-refractivity contribution in [2.75, 3.05) is 0 Å². The first kappa shape index (κ1) is 18.5. The number of halogens is 1. The number of para-hydroxylation sites is 1. The van der Waals surface area contributed by atoms with Gasteiger partial charge in [0, 0.05) is 17.0 Å². The van der Waals surface area contributed by atoms with Crippen molar-refractivity contribution >= 4 is 44.6 Å². The summed E-state index contributed by atoms with van der Waals surface area (Å²) >= 11 is 4.78. The van der Waals surface area contributed by atoms with Gasteiger partial charge < -0.3 is 0 Å². The summed E-state index contributed by atoms with van der Waals surface area (Å²) in [5.41, 5.74) is 2.06. The molecule has 0 fully saturated rings. The highest BCUT2D eigenvalue weighted by molar-refractivity contribution is 9.10. The number of hydrogen-bond donors (Lipinski definition) is 0. The van der Waals surface area contributed by atoms with Gasteiger partial charge in [0.05, 0.1) is 27.1 Å². The maximum atomic E-state index is 13.1. The molecule has 4 rings (SSSR count). The molecular formula is C20H14BrN3O3S. The van der Waals surface area contributed by atoms with Gasteiger partial charge in [-0.15, -0.1) is 11.3 Å².